The van der Waals surface area contributed by atoms with E-state index in [1.807, 2.05) is 41.3 Å². The van der Waals surface area contributed by atoms with Crippen LogP contribution in [0.4, 0.5) is 15.8 Å². The summed E-state index contributed by atoms with van der Waals surface area (Å²) in [5.41, 5.74) is 1.38. The molecule has 3 aromatic rings. The van der Waals surface area contributed by atoms with Crippen molar-refractivity contribution in [1.82, 2.24) is 10.1 Å². The third-order valence-corrected chi connectivity index (χ3v) is 11.3. The van der Waals surface area contributed by atoms with Crippen LogP contribution in [0.25, 0.3) is 11.1 Å². The molecule has 0 spiro atoms. The summed E-state index contributed by atoms with van der Waals surface area (Å²) in [4.78, 5) is 20.9. The van der Waals surface area contributed by atoms with E-state index in [0.29, 0.717) is 37.4 Å². The molecular formula is C33H39FN4O4S. The van der Waals surface area contributed by atoms with Crippen LogP contribution in [0.3, 0.4) is 0 Å². The fourth-order valence-corrected chi connectivity index (χ4v) is 8.68. The summed E-state index contributed by atoms with van der Waals surface area (Å²) in [5, 5.41) is 4.39. The van der Waals surface area contributed by atoms with Gasteiger partial charge in [0.2, 0.25) is 21.8 Å². The number of anilines is 2. The van der Waals surface area contributed by atoms with Gasteiger partial charge >= 0.3 is 0 Å². The van der Waals surface area contributed by atoms with Gasteiger partial charge in [-0.2, -0.15) is 4.98 Å². The van der Waals surface area contributed by atoms with Gasteiger partial charge in [0, 0.05) is 29.3 Å². The fraction of sp³-hybridized carbons (Fsp3) is 0.545. The highest BCUT2D eigenvalue weighted by atomic mass is 32.2. The van der Waals surface area contributed by atoms with E-state index in [2.05, 4.69) is 23.7 Å². The van der Waals surface area contributed by atoms with Crippen molar-refractivity contribution < 1.29 is 22.1 Å². The second-order valence-corrected chi connectivity index (χ2v) is 16.0. The summed E-state index contributed by atoms with van der Waals surface area (Å²) in [7, 11) is -3.37. The summed E-state index contributed by atoms with van der Waals surface area (Å²) in [5.74, 6) is 1.77. The summed E-state index contributed by atoms with van der Waals surface area (Å²) < 4.78 is 45.9. The van der Waals surface area contributed by atoms with Crippen molar-refractivity contribution in [2.45, 2.75) is 88.6 Å². The Morgan fingerprint density at radius 3 is 2.21 bits per heavy atom. The summed E-state index contributed by atoms with van der Waals surface area (Å²) in [6, 6.07) is 15.2. The van der Waals surface area contributed by atoms with Gasteiger partial charge in [0.1, 0.15) is 5.67 Å². The predicted octanol–water partition coefficient (Wildman–Crippen LogP) is 6.75. The van der Waals surface area contributed by atoms with Crippen molar-refractivity contribution in [2.24, 2.45) is 10.8 Å². The number of fused-ring (bicyclic) bond motifs is 3. The van der Waals surface area contributed by atoms with Gasteiger partial charge in [-0.15, -0.1) is 0 Å². The van der Waals surface area contributed by atoms with Gasteiger partial charge in [-0.1, -0.05) is 43.3 Å². The molecule has 6 fully saturated rings. The number of carbonyl (C=O) groups is 1. The first-order valence-electron chi connectivity index (χ1n) is 15.3. The standard InChI is InChI=1S/C33H39FN4O4S/c1-22(2)27-35-28(36-42-27)31-14-11-30(12-15-31,13-16-31)21-38(29(39)32-18-33(34,19-32)20-32)26-6-4-5-24(17-26)23-7-9-25(10-8-23)37-43(3,40)41/h4-10,17,22,37H,11-16,18-21H2,1-3H3. The van der Waals surface area contributed by atoms with E-state index in [1.165, 1.54) is 0 Å². The lowest BCUT2D eigenvalue weighted by molar-refractivity contribution is -0.211. The minimum absolute atomic E-state index is 0.00602. The van der Waals surface area contributed by atoms with Crippen LogP contribution >= 0.6 is 0 Å². The van der Waals surface area contributed by atoms with Crippen molar-refractivity contribution in [3.05, 3.63) is 60.2 Å². The van der Waals surface area contributed by atoms with Crippen LogP contribution in [0.5, 0.6) is 0 Å². The van der Waals surface area contributed by atoms with E-state index in [9.17, 15) is 17.6 Å². The number of nitrogens with one attached hydrogen (secondary N) is 1. The molecule has 1 N–H and O–H groups in total. The first-order valence-corrected chi connectivity index (χ1v) is 17.2. The number of hydrogen-bond donors (Lipinski definition) is 1. The number of hydrogen-bond acceptors (Lipinski definition) is 6. The Bertz CT molecular complexity index is 1640. The van der Waals surface area contributed by atoms with Gasteiger partial charge in [-0.3, -0.25) is 9.52 Å². The molecule has 0 saturated heterocycles. The largest absolute Gasteiger partial charge is 0.339 e. The maximum absolute atomic E-state index is 14.6. The van der Waals surface area contributed by atoms with Crippen LogP contribution in [-0.4, -0.2) is 42.9 Å². The van der Waals surface area contributed by atoms with Crippen LogP contribution in [0.15, 0.2) is 53.1 Å². The number of benzene rings is 2. The Hall–Kier alpha value is -3.27. The molecule has 6 saturated carbocycles. The van der Waals surface area contributed by atoms with Gasteiger partial charge in [-0.05, 0) is 98.6 Å². The lowest BCUT2D eigenvalue weighted by Crippen LogP contribution is -2.71. The zero-order chi connectivity index (χ0) is 30.3. The summed E-state index contributed by atoms with van der Waals surface area (Å²) in [6.45, 7) is 4.74. The first kappa shape index (κ1) is 28.5. The Morgan fingerprint density at radius 1 is 1.00 bits per heavy atom. The normalized spacial score (nSPS) is 30.9. The molecule has 10 heteroatoms. The van der Waals surface area contributed by atoms with Gasteiger partial charge in [0.05, 0.1) is 11.7 Å². The highest BCUT2D eigenvalue weighted by Crippen LogP contribution is 2.70. The maximum Gasteiger partial charge on any atom is 0.233 e. The third kappa shape index (κ3) is 4.95. The Kier molecular flexibility index (Phi) is 6.37. The molecule has 228 valence electrons. The van der Waals surface area contributed by atoms with Crippen LogP contribution in [0.2, 0.25) is 0 Å². The van der Waals surface area contributed by atoms with Crippen molar-refractivity contribution in [1.29, 1.82) is 0 Å². The lowest BCUT2D eigenvalue weighted by atomic mass is 9.41. The number of halogens is 1. The third-order valence-electron chi connectivity index (χ3n) is 10.6. The predicted molar refractivity (Wildman–Crippen MR) is 163 cm³/mol. The minimum atomic E-state index is -3.37. The molecule has 9 rings (SSSR count). The average Bonchev–Trinajstić information content (AvgIpc) is 3.46. The quantitative estimate of drug-likeness (QED) is 0.289. The van der Waals surface area contributed by atoms with E-state index >= 15 is 0 Å². The number of alkyl halides is 1. The molecule has 6 aliphatic carbocycles. The number of carbonyl (C=O) groups excluding carboxylic acids is 1. The molecule has 0 atom stereocenters. The van der Waals surface area contributed by atoms with E-state index in [1.54, 1.807) is 12.1 Å². The molecular weight excluding hydrogens is 567 g/mol. The summed E-state index contributed by atoms with van der Waals surface area (Å²) in [6.07, 6.45) is 7.97. The van der Waals surface area contributed by atoms with E-state index in [4.69, 9.17) is 9.51 Å². The molecule has 1 heterocycles. The molecule has 8 nitrogen and oxygen atoms in total. The second-order valence-electron chi connectivity index (χ2n) is 14.2. The molecule has 1 amide bonds. The van der Waals surface area contributed by atoms with Gasteiger partial charge in [-0.25, -0.2) is 12.8 Å². The minimum Gasteiger partial charge on any atom is -0.339 e. The van der Waals surface area contributed by atoms with E-state index < -0.39 is 21.1 Å². The number of nitrogens with zero attached hydrogens (tertiary/aromatic N) is 3. The van der Waals surface area contributed by atoms with Crippen LogP contribution in [0.1, 0.15) is 89.3 Å². The number of amides is 1. The monoisotopic (exact) mass is 606 g/mol. The zero-order valence-corrected chi connectivity index (χ0v) is 25.8. The van der Waals surface area contributed by atoms with Crippen molar-refractivity contribution >= 4 is 27.3 Å². The average molecular weight is 607 g/mol. The Balaban J connectivity index is 1.15. The second kappa shape index (κ2) is 9.61. The van der Waals surface area contributed by atoms with Gasteiger partial charge in [0.15, 0.2) is 5.82 Å². The number of sulfonamides is 1. The Morgan fingerprint density at radius 2 is 1.65 bits per heavy atom. The Labute approximate surface area is 252 Å². The molecule has 2 aromatic carbocycles. The molecule has 43 heavy (non-hydrogen) atoms. The molecule has 4 bridgehead atoms. The van der Waals surface area contributed by atoms with Crippen LogP contribution < -0.4 is 9.62 Å². The van der Waals surface area contributed by atoms with Gasteiger partial charge in [0.25, 0.3) is 0 Å². The van der Waals surface area contributed by atoms with Crippen LogP contribution in [-0.2, 0) is 20.2 Å². The number of rotatable bonds is 9. The van der Waals surface area contributed by atoms with Crippen molar-refractivity contribution in [3.63, 3.8) is 0 Å². The van der Waals surface area contributed by atoms with E-state index in [0.717, 1.165) is 67.4 Å². The lowest BCUT2D eigenvalue weighted by Gasteiger charge is -2.65. The number of aromatic nitrogens is 2. The highest BCUT2D eigenvalue weighted by molar-refractivity contribution is 7.92. The SMILES string of the molecule is CC(C)c1nc(C23CCC(CN(C(=O)C45CC(F)(C4)C5)c4cccc(-c5ccc(NS(C)(=O)=O)cc5)c4)(CC2)CC3)no1. The zero-order valence-electron chi connectivity index (χ0n) is 25.0. The molecule has 0 unspecified atom stereocenters. The van der Waals surface area contributed by atoms with Crippen molar-refractivity contribution in [3.8, 4) is 11.1 Å². The molecule has 0 aliphatic heterocycles. The fourth-order valence-electron chi connectivity index (χ4n) is 8.11. The maximum atomic E-state index is 14.6. The van der Waals surface area contributed by atoms with Crippen molar-refractivity contribution in [2.75, 3.05) is 22.4 Å². The first-order chi connectivity index (χ1) is 20.3. The van der Waals surface area contributed by atoms with Gasteiger partial charge < -0.3 is 9.42 Å². The molecule has 0 radical (unpaired) electrons. The molecule has 1 aromatic heterocycles. The van der Waals surface area contributed by atoms with Crippen LogP contribution in [0, 0.1) is 10.8 Å². The topological polar surface area (TPSA) is 105 Å². The highest BCUT2D eigenvalue weighted by Gasteiger charge is 2.73. The summed E-state index contributed by atoms with van der Waals surface area (Å²) >= 11 is 0. The van der Waals surface area contributed by atoms with E-state index in [-0.39, 0.29) is 22.7 Å². The smallest absolute Gasteiger partial charge is 0.233 e. The molecule has 6 aliphatic rings.